The Morgan fingerprint density at radius 3 is 2.43 bits per heavy atom. The van der Waals surface area contributed by atoms with Crippen molar-refractivity contribution in [3.63, 3.8) is 0 Å². The lowest BCUT2D eigenvalue weighted by Crippen LogP contribution is -2.23. The van der Waals surface area contributed by atoms with Gasteiger partial charge in [-0.1, -0.05) is 48.0 Å². The normalized spacial score (nSPS) is 10.4. The summed E-state index contributed by atoms with van der Waals surface area (Å²) < 4.78 is 11.5. The molecule has 5 heteroatoms. The average Bonchev–Trinajstić information content (AvgIpc) is 2.73. The van der Waals surface area contributed by atoms with Gasteiger partial charge in [-0.15, -0.1) is 0 Å². The highest BCUT2D eigenvalue weighted by molar-refractivity contribution is 6.31. The second kappa shape index (κ2) is 9.81. The third kappa shape index (κ3) is 5.27. The van der Waals surface area contributed by atoms with Crippen molar-refractivity contribution in [3.05, 3.63) is 94.5 Å². The van der Waals surface area contributed by atoms with Gasteiger partial charge in [-0.25, -0.2) is 0 Å². The van der Waals surface area contributed by atoms with Crippen molar-refractivity contribution in [2.24, 2.45) is 0 Å². The van der Waals surface area contributed by atoms with E-state index in [0.717, 1.165) is 16.9 Å². The number of rotatable bonds is 8. The monoisotopic (exact) mass is 395 g/mol. The predicted octanol–water partition coefficient (Wildman–Crippen LogP) is 5.25. The summed E-state index contributed by atoms with van der Waals surface area (Å²) >= 11 is 6.15. The van der Waals surface area contributed by atoms with Gasteiger partial charge in [-0.3, -0.25) is 4.79 Å². The molecule has 0 atom stereocenters. The van der Waals surface area contributed by atoms with Gasteiger partial charge in [0.1, 0.15) is 18.1 Å². The Balaban J connectivity index is 1.71. The van der Waals surface area contributed by atoms with E-state index in [4.69, 9.17) is 21.1 Å². The number of nitrogens with one attached hydrogen (secondary N) is 1. The van der Waals surface area contributed by atoms with Crippen molar-refractivity contribution < 1.29 is 14.3 Å². The molecule has 4 nitrogen and oxygen atoms in total. The summed E-state index contributed by atoms with van der Waals surface area (Å²) in [5, 5.41) is 3.53. The molecule has 0 spiro atoms. The molecule has 0 aliphatic carbocycles. The van der Waals surface area contributed by atoms with Gasteiger partial charge < -0.3 is 14.8 Å². The van der Waals surface area contributed by atoms with Crippen molar-refractivity contribution in [1.82, 2.24) is 5.32 Å². The van der Waals surface area contributed by atoms with Gasteiger partial charge in [-0.05, 0) is 48.9 Å². The first-order valence-electron chi connectivity index (χ1n) is 9.12. The van der Waals surface area contributed by atoms with Gasteiger partial charge in [0, 0.05) is 22.7 Å². The van der Waals surface area contributed by atoms with Gasteiger partial charge in [0.25, 0.3) is 5.91 Å². The summed E-state index contributed by atoms with van der Waals surface area (Å²) in [6, 6.07) is 22.3. The zero-order valence-electron chi connectivity index (χ0n) is 15.7. The summed E-state index contributed by atoms with van der Waals surface area (Å²) in [6.45, 7) is 3.13. The molecule has 0 aliphatic heterocycles. The van der Waals surface area contributed by atoms with Crippen molar-refractivity contribution in [1.29, 1.82) is 0 Å². The van der Waals surface area contributed by atoms with E-state index in [1.54, 1.807) is 24.3 Å². The molecular weight excluding hydrogens is 374 g/mol. The molecule has 0 saturated heterocycles. The lowest BCUT2D eigenvalue weighted by molar-refractivity contribution is 0.0950. The number of carbonyl (C=O) groups is 1. The zero-order valence-corrected chi connectivity index (χ0v) is 16.4. The van der Waals surface area contributed by atoms with Crippen LogP contribution in [0.1, 0.15) is 28.4 Å². The Hall–Kier alpha value is -2.98. The smallest absolute Gasteiger partial charge is 0.251 e. The third-order valence-corrected chi connectivity index (χ3v) is 4.53. The SMILES string of the molecule is CCOc1ccc(C(=O)NCc2ccccc2Cl)cc1COc1ccccc1. The van der Waals surface area contributed by atoms with Crippen LogP contribution >= 0.6 is 11.6 Å². The molecule has 1 N–H and O–H groups in total. The molecule has 0 aliphatic rings. The highest BCUT2D eigenvalue weighted by atomic mass is 35.5. The van der Waals surface area contributed by atoms with Crippen LogP contribution in [0.3, 0.4) is 0 Å². The standard InChI is InChI=1S/C23H22ClNO3/c1-2-27-22-13-12-17(14-19(22)16-28-20-9-4-3-5-10-20)23(26)25-15-18-8-6-7-11-21(18)24/h3-14H,2,15-16H2,1H3,(H,25,26). The first-order chi connectivity index (χ1) is 13.7. The lowest BCUT2D eigenvalue weighted by Gasteiger charge is -2.14. The van der Waals surface area contributed by atoms with Crippen molar-refractivity contribution in [3.8, 4) is 11.5 Å². The van der Waals surface area contributed by atoms with Crippen LogP contribution in [0.5, 0.6) is 11.5 Å². The maximum atomic E-state index is 12.6. The maximum absolute atomic E-state index is 12.6. The van der Waals surface area contributed by atoms with E-state index < -0.39 is 0 Å². The first kappa shape index (κ1) is 19.8. The van der Waals surface area contributed by atoms with E-state index in [1.807, 2.05) is 55.5 Å². The fourth-order valence-electron chi connectivity index (χ4n) is 2.73. The van der Waals surface area contributed by atoms with Crippen molar-refractivity contribution >= 4 is 17.5 Å². The van der Waals surface area contributed by atoms with E-state index in [0.29, 0.717) is 36.1 Å². The Bertz CT molecular complexity index is 928. The number of halogens is 1. The minimum absolute atomic E-state index is 0.177. The number of para-hydroxylation sites is 1. The third-order valence-electron chi connectivity index (χ3n) is 4.16. The van der Waals surface area contributed by atoms with Crippen LogP contribution in [0.15, 0.2) is 72.8 Å². The van der Waals surface area contributed by atoms with Gasteiger partial charge in [0.15, 0.2) is 0 Å². The van der Waals surface area contributed by atoms with Crippen LogP contribution in [0.25, 0.3) is 0 Å². The molecular formula is C23H22ClNO3. The van der Waals surface area contributed by atoms with E-state index in [-0.39, 0.29) is 5.91 Å². The number of ether oxygens (including phenoxy) is 2. The summed E-state index contributed by atoms with van der Waals surface area (Å²) in [7, 11) is 0. The predicted molar refractivity (Wildman–Crippen MR) is 111 cm³/mol. The fraction of sp³-hybridized carbons (Fsp3) is 0.174. The zero-order chi connectivity index (χ0) is 19.8. The Kier molecular flexibility index (Phi) is 6.93. The van der Waals surface area contributed by atoms with Gasteiger partial charge >= 0.3 is 0 Å². The lowest BCUT2D eigenvalue weighted by atomic mass is 10.1. The molecule has 0 bridgehead atoms. The second-order valence-corrected chi connectivity index (χ2v) is 6.54. The van der Waals surface area contributed by atoms with Gasteiger partial charge in [0.05, 0.1) is 6.61 Å². The molecule has 1 amide bonds. The number of hydrogen-bond acceptors (Lipinski definition) is 3. The summed E-state index contributed by atoms with van der Waals surface area (Å²) in [5.41, 5.74) is 2.23. The molecule has 3 rings (SSSR count). The molecule has 3 aromatic rings. The number of benzene rings is 3. The summed E-state index contributed by atoms with van der Waals surface area (Å²) in [6.07, 6.45) is 0. The first-order valence-corrected chi connectivity index (χ1v) is 9.50. The van der Waals surface area contributed by atoms with Crippen LogP contribution in [0.2, 0.25) is 5.02 Å². The molecule has 3 aromatic carbocycles. The number of carbonyl (C=O) groups excluding carboxylic acids is 1. The largest absolute Gasteiger partial charge is 0.493 e. The van der Waals surface area contributed by atoms with Gasteiger partial charge in [0.2, 0.25) is 0 Å². The molecule has 28 heavy (non-hydrogen) atoms. The number of hydrogen-bond donors (Lipinski definition) is 1. The molecule has 0 saturated carbocycles. The molecule has 0 fully saturated rings. The van der Waals surface area contributed by atoms with Crippen LogP contribution < -0.4 is 14.8 Å². The van der Waals surface area contributed by atoms with Crippen molar-refractivity contribution in [2.45, 2.75) is 20.1 Å². The fourth-order valence-corrected chi connectivity index (χ4v) is 2.93. The van der Waals surface area contributed by atoms with E-state index >= 15 is 0 Å². The molecule has 0 aromatic heterocycles. The van der Waals surface area contributed by atoms with Crippen LogP contribution in [-0.2, 0) is 13.2 Å². The Labute approximate surface area is 170 Å². The van der Waals surface area contributed by atoms with Gasteiger partial charge in [-0.2, -0.15) is 0 Å². The molecule has 0 heterocycles. The minimum Gasteiger partial charge on any atom is -0.493 e. The molecule has 0 unspecified atom stereocenters. The number of amides is 1. The maximum Gasteiger partial charge on any atom is 0.251 e. The summed E-state index contributed by atoms with van der Waals surface area (Å²) in [5.74, 6) is 1.29. The molecule has 144 valence electrons. The average molecular weight is 396 g/mol. The quantitative estimate of drug-likeness (QED) is 0.566. The van der Waals surface area contributed by atoms with Crippen LogP contribution in [0, 0.1) is 0 Å². The highest BCUT2D eigenvalue weighted by Crippen LogP contribution is 2.23. The minimum atomic E-state index is -0.177. The van der Waals surface area contributed by atoms with E-state index in [9.17, 15) is 4.79 Å². The van der Waals surface area contributed by atoms with Crippen LogP contribution in [0.4, 0.5) is 0 Å². The Morgan fingerprint density at radius 1 is 0.929 bits per heavy atom. The molecule has 0 radical (unpaired) electrons. The van der Waals surface area contributed by atoms with Crippen molar-refractivity contribution in [2.75, 3.05) is 6.61 Å². The second-order valence-electron chi connectivity index (χ2n) is 6.13. The van der Waals surface area contributed by atoms with E-state index in [1.165, 1.54) is 0 Å². The highest BCUT2D eigenvalue weighted by Gasteiger charge is 2.12. The topological polar surface area (TPSA) is 47.6 Å². The van der Waals surface area contributed by atoms with E-state index in [2.05, 4.69) is 5.32 Å². The van der Waals surface area contributed by atoms with Crippen LogP contribution in [-0.4, -0.2) is 12.5 Å². The Morgan fingerprint density at radius 2 is 1.68 bits per heavy atom. The summed E-state index contributed by atoms with van der Waals surface area (Å²) in [4.78, 5) is 12.6.